The number of carbonyl (C=O) groups excluding carboxylic acids is 2. The number of hydrogen-bond acceptors (Lipinski definition) is 6. The topological polar surface area (TPSA) is 116 Å². The lowest BCUT2D eigenvalue weighted by Gasteiger charge is -2.08. The van der Waals surface area contributed by atoms with E-state index in [2.05, 4.69) is 30.6 Å². The van der Waals surface area contributed by atoms with Crippen molar-refractivity contribution in [3.63, 3.8) is 0 Å². The van der Waals surface area contributed by atoms with Crippen LogP contribution in [0.25, 0.3) is 22.1 Å². The molecule has 0 saturated carbocycles. The lowest BCUT2D eigenvalue weighted by Crippen LogP contribution is -2.14. The minimum atomic E-state index is -0.0851. The molecule has 10 heteroatoms. The SMILES string of the molecule is Cc1ccc2nc(SCC(=O)Nc3ccc(Cc4ccc(NC(=O)CSc5nc6ccc(C)cc6[nH]5)cc4)cc3)[nH]c2c1. The maximum atomic E-state index is 12.5. The summed E-state index contributed by atoms with van der Waals surface area (Å²) < 4.78 is 0. The van der Waals surface area contributed by atoms with Crippen molar-refractivity contribution in [1.29, 1.82) is 0 Å². The fourth-order valence-corrected chi connectivity index (χ4v) is 6.02. The number of rotatable bonds is 10. The van der Waals surface area contributed by atoms with Gasteiger partial charge in [0.15, 0.2) is 10.3 Å². The van der Waals surface area contributed by atoms with Crippen LogP contribution in [0.3, 0.4) is 0 Å². The van der Waals surface area contributed by atoms with E-state index < -0.39 is 0 Å². The molecule has 43 heavy (non-hydrogen) atoms. The van der Waals surface area contributed by atoms with E-state index in [0.29, 0.717) is 0 Å². The first-order valence-electron chi connectivity index (χ1n) is 13.8. The molecule has 8 nitrogen and oxygen atoms in total. The first-order chi connectivity index (χ1) is 20.9. The minimum Gasteiger partial charge on any atom is -0.333 e. The van der Waals surface area contributed by atoms with E-state index in [-0.39, 0.29) is 23.3 Å². The van der Waals surface area contributed by atoms with Gasteiger partial charge in [0.2, 0.25) is 11.8 Å². The van der Waals surface area contributed by atoms with E-state index in [1.165, 1.54) is 23.5 Å². The van der Waals surface area contributed by atoms with Crippen LogP contribution in [0, 0.1) is 13.8 Å². The third kappa shape index (κ3) is 7.46. The average molecular weight is 607 g/mol. The number of fused-ring (bicyclic) bond motifs is 2. The van der Waals surface area contributed by atoms with Crippen LogP contribution in [0.2, 0.25) is 0 Å². The van der Waals surface area contributed by atoms with E-state index >= 15 is 0 Å². The van der Waals surface area contributed by atoms with Crippen molar-refractivity contribution < 1.29 is 9.59 Å². The van der Waals surface area contributed by atoms with Gasteiger partial charge in [-0.3, -0.25) is 9.59 Å². The highest BCUT2D eigenvalue weighted by Gasteiger charge is 2.10. The Kier molecular flexibility index (Phi) is 8.48. The number of hydrogen-bond donors (Lipinski definition) is 4. The fourth-order valence-electron chi connectivity index (χ4n) is 4.65. The Hall–Kier alpha value is -4.54. The van der Waals surface area contributed by atoms with Gasteiger partial charge in [0.1, 0.15) is 0 Å². The van der Waals surface area contributed by atoms with Gasteiger partial charge in [-0.1, -0.05) is 59.9 Å². The third-order valence-electron chi connectivity index (χ3n) is 6.79. The molecule has 2 amide bonds. The second kappa shape index (κ2) is 12.8. The first kappa shape index (κ1) is 28.6. The first-order valence-corrected chi connectivity index (χ1v) is 15.8. The van der Waals surface area contributed by atoms with Crippen LogP contribution in [0.5, 0.6) is 0 Å². The quantitative estimate of drug-likeness (QED) is 0.124. The van der Waals surface area contributed by atoms with Gasteiger partial charge in [-0.15, -0.1) is 0 Å². The molecule has 0 aliphatic carbocycles. The van der Waals surface area contributed by atoms with Gasteiger partial charge in [-0.05, 0) is 91.1 Å². The van der Waals surface area contributed by atoms with Gasteiger partial charge < -0.3 is 20.6 Å². The van der Waals surface area contributed by atoms with Gasteiger partial charge in [-0.2, -0.15) is 0 Å². The zero-order chi connectivity index (χ0) is 29.8. The van der Waals surface area contributed by atoms with Gasteiger partial charge in [0.25, 0.3) is 0 Å². The number of aromatic amines is 2. The molecular weight excluding hydrogens is 577 g/mol. The molecule has 2 heterocycles. The lowest BCUT2D eigenvalue weighted by molar-refractivity contribution is -0.114. The normalized spacial score (nSPS) is 11.2. The van der Waals surface area contributed by atoms with Gasteiger partial charge >= 0.3 is 0 Å². The Morgan fingerprint density at radius 1 is 0.628 bits per heavy atom. The van der Waals surface area contributed by atoms with Gasteiger partial charge in [0, 0.05) is 11.4 Å². The highest BCUT2D eigenvalue weighted by atomic mass is 32.2. The molecule has 6 aromatic rings. The number of nitrogens with zero attached hydrogens (tertiary/aromatic N) is 2. The van der Waals surface area contributed by atoms with Gasteiger partial charge in [0.05, 0.1) is 33.6 Å². The average Bonchev–Trinajstić information content (AvgIpc) is 3.60. The molecule has 4 N–H and O–H groups in total. The van der Waals surface area contributed by atoms with E-state index in [4.69, 9.17) is 0 Å². The molecule has 2 aromatic heterocycles. The maximum Gasteiger partial charge on any atom is 0.234 e. The van der Waals surface area contributed by atoms with Gasteiger partial charge in [-0.25, -0.2) is 9.97 Å². The molecule has 0 aliphatic heterocycles. The maximum absolute atomic E-state index is 12.5. The summed E-state index contributed by atoms with van der Waals surface area (Å²) in [6.07, 6.45) is 0.741. The summed E-state index contributed by atoms with van der Waals surface area (Å²) in [7, 11) is 0. The van der Waals surface area contributed by atoms with E-state index in [0.717, 1.165) is 72.4 Å². The number of anilines is 2. The summed E-state index contributed by atoms with van der Waals surface area (Å²) in [5, 5.41) is 7.36. The lowest BCUT2D eigenvalue weighted by atomic mass is 10.0. The second-order valence-corrected chi connectivity index (χ2v) is 12.3. The number of thioether (sulfide) groups is 2. The number of carbonyl (C=O) groups is 2. The predicted molar refractivity (Wildman–Crippen MR) is 176 cm³/mol. The van der Waals surface area contributed by atoms with Crippen LogP contribution in [0.1, 0.15) is 22.3 Å². The molecule has 4 aromatic carbocycles. The molecule has 0 radical (unpaired) electrons. The fraction of sp³-hybridized carbons (Fsp3) is 0.152. The Morgan fingerprint density at radius 3 is 1.47 bits per heavy atom. The number of H-pyrrole nitrogens is 2. The van der Waals surface area contributed by atoms with E-state index in [1.54, 1.807) is 0 Å². The number of imidazole rings is 2. The van der Waals surface area contributed by atoms with Crippen molar-refractivity contribution in [3.05, 3.63) is 107 Å². The zero-order valence-corrected chi connectivity index (χ0v) is 25.4. The molecule has 0 bridgehead atoms. The van der Waals surface area contributed by atoms with E-state index in [1.807, 2.05) is 98.8 Å². The minimum absolute atomic E-state index is 0.0851. The Bertz CT molecular complexity index is 1770. The summed E-state index contributed by atoms with van der Waals surface area (Å²) in [5.74, 6) is 0.361. The number of aryl methyl sites for hydroxylation is 2. The van der Waals surface area contributed by atoms with Crippen molar-refractivity contribution in [3.8, 4) is 0 Å². The van der Waals surface area contributed by atoms with Crippen molar-refractivity contribution in [2.75, 3.05) is 22.1 Å². The van der Waals surface area contributed by atoms with Crippen LogP contribution in [-0.2, 0) is 16.0 Å². The molecule has 6 rings (SSSR count). The second-order valence-electron chi connectivity index (χ2n) is 10.4. The van der Waals surface area contributed by atoms with Crippen LogP contribution < -0.4 is 10.6 Å². The Labute approximate surface area is 257 Å². The summed E-state index contributed by atoms with van der Waals surface area (Å²) in [4.78, 5) is 40.6. The van der Waals surface area contributed by atoms with Crippen LogP contribution in [-0.4, -0.2) is 43.3 Å². The van der Waals surface area contributed by atoms with Crippen molar-refractivity contribution in [2.24, 2.45) is 0 Å². The highest BCUT2D eigenvalue weighted by Crippen LogP contribution is 2.23. The summed E-state index contributed by atoms with van der Waals surface area (Å²) >= 11 is 2.76. The Balaban J connectivity index is 0.948. The molecule has 0 unspecified atom stereocenters. The van der Waals surface area contributed by atoms with Crippen LogP contribution in [0.4, 0.5) is 11.4 Å². The van der Waals surface area contributed by atoms with Crippen LogP contribution >= 0.6 is 23.5 Å². The summed E-state index contributed by atoms with van der Waals surface area (Å²) in [6.45, 7) is 4.08. The summed E-state index contributed by atoms with van der Waals surface area (Å²) in [5.41, 5.74) is 9.82. The molecule has 0 fully saturated rings. The highest BCUT2D eigenvalue weighted by molar-refractivity contribution is 8.00. The number of aromatic nitrogens is 4. The molecule has 216 valence electrons. The largest absolute Gasteiger partial charge is 0.333 e. The molecule has 0 spiro atoms. The predicted octanol–water partition coefficient (Wildman–Crippen LogP) is 7.11. The summed E-state index contributed by atoms with van der Waals surface area (Å²) in [6, 6.07) is 27.8. The van der Waals surface area contributed by atoms with Crippen molar-refractivity contribution in [2.45, 2.75) is 30.6 Å². The zero-order valence-electron chi connectivity index (χ0n) is 23.7. The number of amides is 2. The number of nitrogens with one attached hydrogen (secondary N) is 4. The molecule has 0 atom stereocenters. The number of benzene rings is 4. The Morgan fingerprint density at radius 2 is 1.05 bits per heavy atom. The standard InChI is InChI=1S/C33H30N6O2S2/c1-20-3-13-26-28(15-20)38-32(36-26)42-18-30(40)34-24-9-5-22(6-10-24)17-23-7-11-25(12-8-23)35-31(41)19-43-33-37-27-14-4-21(2)16-29(27)39-33/h3-16H,17-19H2,1-2H3,(H,34,40)(H,35,41)(H,36,38)(H,37,39). The molecule has 0 aliphatic rings. The molecule has 0 saturated heterocycles. The van der Waals surface area contributed by atoms with Crippen LogP contribution in [0.15, 0.2) is 95.2 Å². The third-order valence-corrected chi connectivity index (χ3v) is 8.54. The smallest absolute Gasteiger partial charge is 0.234 e. The van der Waals surface area contributed by atoms with E-state index in [9.17, 15) is 9.59 Å². The van der Waals surface area contributed by atoms with Crippen molar-refractivity contribution in [1.82, 2.24) is 19.9 Å². The monoisotopic (exact) mass is 606 g/mol. The molecular formula is C33H30N6O2S2. The van der Waals surface area contributed by atoms with Crippen molar-refractivity contribution >= 4 is 68.8 Å².